The summed E-state index contributed by atoms with van der Waals surface area (Å²) in [5.74, 6) is 0.0966. The average Bonchev–Trinajstić information content (AvgIpc) is 2.85. The van der Waals surface area contributed by atoms with Crippen LogP contribution in [0.5, 0.6) is 0 Å². The van der Waals surface area contributed by atoms with Gasteiger partial charge in [-0.3, -0.25) is 4.79 Å². The fourth-order valence-electron chi connectivity index (χ4n) is 2.71. The van der Waals surface area contributed by atoms with Crippen LogP contribution in [0.15, 0.2) is 36.4 Å². The van der Waals surface area contributed by atoms with Crippen LogP contribution in [0.25, 0.3) is 0 Å². The largest absolute Gasteiger partial charge is 0.398 e. The van der Waals surface area contributed by atoms with Crippen molar-refractivity contribution >= 4 is 28.9 Å². The Morgan fingerprint density at radius 2 is 2.00 bits per heavy atom. The van der Waals surface area contributed by atoms with Crippen molar-refractivity contribution in [2.45, 2.75) is 19.8 Å². The van der Waals surface area contributed by atoms with Crippen molar-refractivity contribution in [3.05, 3.63) is 58.1 Å². The van der Waals surface area contributed by atoms with Gasteiger partial charge in [-0.1, -0.05) is 29.8 Å². The number of benzene rings is 2. The Kier molecular flexibility index (Phi) is 3.60. The zero-order chi connectivity index (χ0) is 15.0. The van der Waals surface area contributed by atoms with Gasteiger partial charge in [-0.15, -0.1) is 0 Å². The quantitative estimate of drug-likeness (QED) is 0.864. The number of aryl methyl sites for hydroxylation is 1. The van der Waals surface area contributed by atoms with Crippen LogP contribution in [0.4, 0.5) is 11.4 Å². The SMILES string of the molecule is Cc1cc2c(cc1N)N(C(=O)Cc1ccc(Cl)cc1)CC2. The van der Waals surface area contributed by atoms with Gasteiger partial charge in [-0.25, -0.2) is 0 Å². The third kappa shape index (κ3) is 2.74. The van der Waals surface area contributed by atoms with Gasteiger partial charge in [0.25, 0.3) is 0 Å². The summed E-state index contributed by atoms with van der Waals surface area (Å²) in [4.78, 5) is 14.3. The van der Waals surface area contributed by atoms with E-state index in [4.69, 9.17) is 17.3 Å². The molecule has 0 saturated carbocycles. The third-order valence-electron chi connectivity index (χ3n) is 3.93. The lowest BCUT2D eigenvalue weighted by atomic mass is 10.1. The molecule has 0 aromatic heterocycles. The molecular formula is C17H17ClN2O. The fraction of sp³-hybridized carbons (Fsp3) is 0.235. The molecule has 1 heterocycles. The van der Waals surface area contributed by atoms with E-state index in [0.717, 1.165) is 35.5 Å². The van der Waals surface area contributed by atoms with Gasteiger partial charge in [0.1, 0.15) is 0 Å². The molecule has 1 aliphatic rings. The van der Waals surface area contributed by atoms with Gasteiger partial charge in [-0.05, 0) is 48.2 Å². The van der Waals surface area contributed by atoms with Crippen LogP contribution in [-0.4, -0.2) is 12.5 Å². The standard InChI is InChI=1S/C17H17ClN2O/c1-11-8-13-6-7-20(16(13)10-15(11)19)17(21)9-12-2-4-14(18)5-3-12/h2-5,8,10H,6-7,9,19H2,1H3. The molecule has 0 saturated heterocycles. The fourth-order valence-corrected chi connectivity index (χ4v) is 2.83. The average molecular weight is 301 g/mol. The van der Waals surface area contributed by atoms with E-state index in [0.29, 0.717) is 11.4 Å². The first-order chi connectivity index (χ1) is 10.0. The predicted octanol–water partition coefficient (Wildman–Crippen LogP) is 3.36. The second kappa shape index (κ2) is 5.41. The van der Waals surface area contributed by atoms with E-state index >= 15 is 0 Å². The summed E-state index contributed by atoms with van der Waals surface area (Å²) in [7, 11) is 0. The highest BCUT2D eigenvalue weighted by Crippen LogP contribution is 2.32. The number of carbonyl (C=O) groups is 1. The Hall–Kier alpha value is -2.00. The molecule has 2 N–H and O–H groups in total. The molecule has 21 heavy (non-hydrogen) atoms. The van der Waals surface area contributed by atoms with Crippen LogP contribution in [0.3, 0.4) is 0 Å². The summed E-state index contributed by atoms with van der Waals surface area (Å²) in [6, 6.07) is 11.4. The van der Waals surface area contributed by atoms with E-state index in [-0.39, 0.29) is 5.91 Å². The predicted molar refractivity (Wildman–Crippen MR) is 86.8 cm³/mol. The second-order valence-corrected chi connectivity index (χ2v) is 5.87. The third-order valence-corrected chi connectivity index (χ3v) is 4.18. The molecule has 3 nitrogen and oxygen atoms in total. The molecule has 1 aliphatic heterocycles. The Balaban J connectivity index is 1.82. The number of anilines is 2. The molecule has 0 bridgehead atoms. The molecule has 0 atom stereocenters. The van der Waals surface area contributed by atoms with Crippen LogP contribution in [0, 0.1) is 6.92 Å². The molecule has 0 aliphatic carbocycles. The summed E-state index contributed by atoms with van der Waals surface area (Å²) >= 11 is 5.87. The van der Waals surface area contributed by atoms with Crippen LogP contribution < -0.4 is 10.6 Å². The molecular weight excluding hydrogens is 284 g/mol. The minimum Gasteiger partial charge on any atom is -0.398 e. The van der Waals surface area contributed by atoms with Gasteiger partial charge in [-0.2, -0.15) is 0 Å². The maximum Gasteiger partial charge on any atom is 0.231 e. The Labute approximate surface area is 129 Å². The van der Waals surface area contributed by atoms with Gasteiger partial charge in [0.05, 0.1) is 6.42 Å². The van der Waals surface area contributed by atoms with Crippen molar-refractivity contribution in [1.82, 2.24) is 0 Å². The molecule has 2 aromatic rings. The lowest BCUT2D eigenvalue weighted by Crippen LogP contribution is -2.30. The van der Waals surface area contributed by atoms with Crippen LogP contribution >= 0.6 is 11.6 Å². The first-order valence-electron chi connectivity index (χ1n) is 6.98. The number of nitrogen functional groups attached to an aromatic ring is 1. The number of hydrogen-bond acceptors (Lipinski definition) is 2. The Morgan fingerprint density at radius 1 is 1.29 bits per heavy atom. The highest BCUT2D eigenvalue weighted by Gasteiger charge is 2.25. The normalized spacial score (nSPS) is 13.3. The Bertz CT molecular complexity index is 695. The van der Waals surface area contributed by atoms with E-state index in [1.165, 1.54) is 5.56 Å². The maximum absolute atomic E-state index is 12.5. The number of hydrogen-bond donors (Lipinski definition) is 1. The first-order valence-corrected chi connectivity index (χ1v) is 7.36. The molecule has 1 amide bonds. The Morgan fingerprint density at radius 3 is 2.71 bits per heavy atom. The highest BCUT2D eigenvalue weighted by atomic mass is 35.5. The summed E-state index contributed by atoms with van der Waals surface area (Å²) < 4.78 is 0. The van der Waals surface area contributed by atoms with Crippen LogP contribution in [0.2, 0.25) is 5.02 Å². The van der Waals surface area contributed by atoms with E-state index in [1.54, 1.807) is 0 Å². The van der Waals surface area contributed by atoms with Crippen molar-refractivity contribution < 1.29 is 4.79 Å². The number of nitrogens with two attached hydrogens (primary N) is 1. The summed E-state index contributed by atoms with van der Waals surface area (Å²) in [5, 5.41) is 0.681. The van der Waals surface area contributed by atoms with Gasteiger partial charge < -0.3 is 10.6 Å². The molecule has 2 aromatic carbocycles. The van der Waals surface area contributed by atoms with E-state index in [2.05, 4.69) is 6.07 Å². The van der Waals surface area contributed by atoms with Crippen molar-refractivity contribution in [2.75, 3.05) is 17.2 Å². The minimum absolute atomic E-state index is 0.0966. The monoisotopic (exact) mass is 300 g/mol. The number of fused-ring (bicyclic) bond motifs is 1. The zero-order valence-electron chi connectivity index (χ0n) is 11.9. The van der Waals surface area contributed by atoms with E-state index in [1.807, 2.05) is 42.2 Å². The van der Waals surface area contributed by atoms with Gasteiger partial charge in [0, 0.05) is 22.9 Å². The van der Waals surface area contributed by atoms with Crippen molar-refractivity contribution in [3.63, 3.8) is 0 Å². The smallest absolute Gasteiger partial charge is 0.231 e. The minimum atomic E-state index is 0.0966. The highest BCUT2D eigenvalue weighted by molar-refractivity contribution is 6.30. The van der Waals surface area contributed by atoms with Crippen LogP contribution in [-0.2, 0) is 17.6 Å². The van der Waals surface area contributed by atoms with Gasteiger partial charge >= 0.3 is 0 Å². The van der Waals surface area contributed by atoms with E-state index in [9.17, 15) is 4.79 Å². The molecule has 4 heteroatoms. The first kappa shape index (κ1) is 14.0. The summed E-state index contributed by atoms with van der Waals surface area (Å²) in [6.07, 6.45) is 1.27. The van der Waals surface area contributed by atoms with Crippen molar-refractivity contribution in [3.8, 4) is 0 Å². The molecule has 0 fully saturated rings. The number of amides is 1. The summed E-state index contributed by atoms with van der Waals surface area (Å²) in [5.41, 5.74) is 10.9. The molecule has 0 radical (unpaired) electrons. The number of halogens is 1. The lowest BCUT2D eigenvalue weighted by Gasteiger charge is -2.18. The number of carbonyl (C=O) groups excluding carboxylic acids is 1. The number of rotatable bonds is 2. The van der Waals surface area contributed by atoms with Crippen molar-refractivity contribution in [1.29, 1.82) is 0 Å². The topological polar surface area (TPSA) is 46.3 Å². The molecule has 0 spiro atoms. The molecule has 3 rings (SSSR count). The van der Waals surface area contributed by atoms with Crippen LogP contribution in [0.1, 0.15) is 16.7 Å². The lowest BCUT2D eigenvalue weighted by molar-refractivity contribution is -0.117. The van der Waals surface area contributed by atoms with E-state index < -0.39 is 0 Å². The zero-order valence-corrected chi connectivity index (χ0v) is 12.7. The molecule has 108 valence electrons. The molecule has 0 unspecified atom stereocenters. The van der Waals surface area contributed by atoms with Gasteiger partial charge in [0.2, 0.25) is 5.91 Å². The van der Waals surface area contributed by atoms with Crippen molar-refractivity contribution in [2.24, 2.45) is 0 Å². The summed E-state index contributed by atoms with van der Waals surface area (Å²) in [6.45, 7) is 2.72. The number of nitrogens with zero attached hydrogens (tertiary/aromatic N) is 1. The second-order valence-electron chi connectivity index (χ2n) is 5.44. The maximum atomic E-state index is 12.5. The van der Waals surface area contributed by atoms with Gasteiger partial charge in [0.15, 0.2) is 0 Å².